The molecule has 1 aromatic rings. The summed E-state index contributed by atoms with van der Waals surface area (Å²) in [7, 11) is 2.96. The molecular formula is C14H19N3O3. The van der Waals surface area contributed by atoms with Gasteiger partial charge in [0.05, 0.1) is 7.11 Å². The van der Waals surface area contributed by atoms with Crippen molar-refractivity contribution in [1.82, 2.24) is 10.2 Å². The second-order valence-corrected chi connectivity index (χ2v) is 5.04. The minimum absolute atomic E-state index is 0.0270. The van der Waals surface area contributed by atoms with Gasteiger partial charge in [0, 0.05) is 19.2 Å². The fourth-order valence-electron chi connectivity index (χ4n) is 2.42. The molecule has 6 nitrogen and oxygen atoms in total. The lowest BCUT2D eigenvalue weighted by atomic mass is 9.87. The summed E-state index contributed by atoms with van der Waals surface area (Å²) >= 11 is 0. The molecule has 1 unspecified atom stereocenters. The quantitative estimate of drug-likeness (QED) is 0.794. The summed E-state index contributed by atoms with van der Waals surface area (Å²) in [5.41, 5.74) is 7.20. The number of nitrogens with two attached hydrogens (primary N) is 1. The molecule has 0 saturated carbocycles. The number of rotatable bonds is 3. The van der Waals surface area contributed by atoms with Crippen LogP contribution in [0.1, 0.15) is 16.7 Å². The molecule has 1 aliphatic heterocycles. The monoisotopic (exact) mass is 277 g/mol. The summed E-state index contributed by atoms with van der Waals surface area (Å²) < 4.78 is 5.36. The minimum Gasteiger partial charge on any atom is -0.496 e. The van der Waals surface area contributed by atoms with Gasteiger partial charge in [0.1, 0.15) is 5.75 Å². The van der Waals surface area contributed by atoms with Crippen molar-refractivity contribution in [3.05, 3.63) is 28.8 Å². The van der Waals surface area contributed by atoms with Crippen LogP contribution >= 0.6 is 0 Å². The van der Waals surface area contributed by atoms with Crippen molar-refractivity contribution >= 4 is 11.9 Å². The van der Waals surface area contributed by atoms with Gasteiger partial charge in [-0.15, -0.1) is 0 Å². The second-order valence-electron chi connectivity index (χ2n) is 5.04. The molecule has 1 heterocycles. The number of carbonyl (C=O) groups excluding carboxylic acids is 2. The van der Waals surface area contributed by atoms with Crippen LogP contribution in [-0.2, 0) is 10.3 Å². The van der Waals surface area contributed by atoms with Gasteiger partial charge >= 0.3 is 6.03 Å². The average Bonchev–Trinajstić information content (AvgIpc) is 2.66. The molecule has 2 rings (SSSR count). The zero-order valence-electron chi connectivity index (χ0n) is 12.1. The highest BCUT2D eigenvalue weighted by Crippen LogP contribution is 2.35. The van der Waals surface area contributed by atoms with Crippen LogP contribution in [0.5, 0.6) is 5.75 Å². The fraction of sp³-hybridized carbons (Fsp3) is 0.429. The van der Waals surface area contributed by atoms with E-state index in [9.17, 15) is 9.59 Å². The molecule has 1 aliphatic rings. The van der Waals surface area contributed by atoms with Gasteiger partial charge in [-0.3, -0.25) is 9.69 Å². The number of carbonyl (C=O) groups is 2. The first-order valence-corrected chi connectivity index (χ1v) is 6.33. The molecule has 0 radical (unpaired) electrons. The lowest BCUT2D eigenvalue weighted by Crippen LogP contribution is -2.50. The predicted octanol–water partition coefficient (Wildman–Crippen LogP) is 0.648. The van der Waals surface area contributed by atoms with Crippen molar-refractivity contribution < 1.29 is 14.3 Å². The van der Waals surface area contributed by atoms with E-state index in [1.165, 1.54) is 14.2 Å². The lowest BCUT2D eigenvalue weighted by molar-refractivity contribution is -0.130. The third-order valence-corrected chi connectivity index (χ3v) is 3.88. The molecule has 1 fully saturated rings. The highest BCUT2D eigenvalue weighted by atomic mass is 16.5. The first-order valence-electron chi connectivity index (χ1n) is 6.33. The average molecular weight is 277 g/mol. The number of nitrogens with one attached hydrogen (secondary N) is 1. The first kappa shape index (κ1) is 14.3. The molecule has 1 aromatic carbocycles. The number of aryl methyl sites for hydroxylation is 2. The van der Waals surface area contributed by atoms with E-state index < -0.39 is 11.6 Å². The summed E-state index contributed by atoms with van der Waals surface area (Å²) in [5.74, 6) is 0.175. The number of ether oxygens (including phenoxy) is 1. The Kier molecular flexibility index (Phi) is 3.43. The van der Waals surface area contributed by atoms with E-state index in [4.69, 9.17) is 10.5 Å². The number of methoxy groups -OCH3 is 1. The Morgan fingerprint density at radius 1 is 1.30 bits per heavy atom. The van der Waals surface area contributed by atoms with Gasteiger partial charge in [-0.2, -0.15) is 0 Å². The fourth-order valence-corrected chi connectivity index (χ4v) is 2.42. The zero-order chi connectivity index (χ0) is 15.1. The SMILES string of the molecule is COc1cc(C)c(C)cc1C1(CN)NC(=O)N(C)C1=O. The number of amides is 3. The van der Waals surface area contributed by atoms with E-state index in [0.717, 1.165) is 16.0 Å². The number of urea groups is 1. The van der Waals surface area contributed by atoms with E-state index in [0.29, 0.717) is 11.3 Å². The Hall–Kier alpha value is -2.08. The van der Waals surface area contributed by atoms with Crippen molar-refractivity contribution in [1.29, 1.82) is 0 Å². The Morgan fingerprint density at radius 3 is 2.35 bits per heavy atom. The van der Waals surface area contributed by atoms with Crippen LogP contribution in [0.25, 0.3) is 0 Å². The van der Waals surface area contributed by atoms with Crippen LogP contribution in [0.4, 0.5) is 4.79 Å². The van der Waals surface area contributed by atoms with Gasteiger partial charge in [-0.05, 0) is 37.1 Å². The molecule has 108 valence electrons. The van der Waals surface area contributed by atoms with Crippen molar-refractivity contribution in [3.63, 3.8) is 0 Å². The highest BCUT2D eigenvalue weighted by molar-refractivity contribution is 6.07. The summed E-state index contributed by atoms with van der Waals surface area (Å²) in [4.78, 5) is 25.3. The maximum Gasteiger partial charge on any atom is 0.325 e. The van der Waals surface area contributed by atoms with Crippen LogP contribution in [0.3, 0.4) is 0 Å². The highest BCUT2D eigenvalue weighted by Gasteiger charge is 2.51. The standard InChI is InChI=1S/C14H19N3O3/c1-8-5-10(11(20-4)6-9(8)2)14(7-15)12(18)17(3)13(19)16-14/h5-6H,7,15H2,1-4H3,(H,16,19). The largest absolute Gasteiger partial charge is 0.496 e. The molecule has 0 spiro atoms. The smallest absolute Gasteiger partial charge is 0.325 e. The van der Waals surface area contributed by atoms with E-state index >= 15 is 0 Å². The molecule has 0 bridgehead atoms. The molecule has 0 aliphatic carbocycles. The molecule has 3 N–H and O–H groups in total. The van der Waals surface area contributed by atoms with Gasteiger partial charge in [0.15, 0.2) is 5.54 Å². The summed E-state index contributed by atoms with van der Waals surface area (Å²) in [6.45, 7) is 3.87. The Morgan fingerprint density at radius 2 is 1.90 bits per heavy atom. The van der Waals surface area contributed by atoms with E-state index in [-0.39, 0.29) is 12.5 Å². The van der Waals surface area contributed by atoms with Gasteiger partial charge < -0.3 is 15.8 Å². The van der Waals surface area contributed by atoms with Crippen molar-refractivity contribution in [3.8, 4) is 5.75 Å². The molecule has 6 heteroatoms. The number of hydrogen-bond acceptors (Lipinski definition) is 4. The Bertz CT molecular complexity index is 585. The third kappa shape index (κ3) is 1.84. The van der Waals surface area contributed by atoms with E-state index in [1.807, 2.05) is 26.0 Å². The van der Waals surface area contributed by atoms with Gasteiger partial charge in [0.2, 0.25) is 0 Å². The first-order chi connectivity index (χ1) is 9.37. The van der Waals surface area contributed by atoms with E-state index in [1.54, 1.807) is 0 Å². The van der Waals surface area contributed by atoms with Crippen molar-refractivity contribution in [2.45, 2.75) is 19.4 Å². The predicted molar refractivity (Wildman–Crippen MR) is 74.5 cm³/mol. The Labute approximate surface area is 117 Å². The van der Waals surface area contributed by atoms with Gasteiger partial charge in [0.25, 0.3) is 5.91 Å². The van der Waals surface area contributed by atoms with E-state index in [2.05, 4.69) is 5.32 Å². The molecule has 1 atom stereocenters. The van der Waals surface area contributed by atoms with Gasteiger partial charge in [-0.1, -0.05) is 0 Å². The summed E-state index contributed by atoms with van der Waals surface area (Å²) in [6, 6.07) is 3.24. The zero-order valence-corrected chi connectivity index (χ0v) is 12.1. The summed E-state index contributed by atoms with van der Waals surface area (Å²) in [5, 5.41) is 2.69. The van der Waals surface area contributed by atoms with Crippen LogP contribution in [0.2, 0.25) is 0 Å². The number of likely N-dealkylation sites (N-methyl/N-ethyl adjacent to an activating group) is 1. The summed E-state index contributed by atoms with van der Waals surface area (Å²) in [6.07, 6.45) is 0. The maximum atomic E-state index is 12.4. The topological polar surface area (TPSA) is 84.7 Å². The van der Waals surface area contributed by atoms with Crippen molar-refractivity contribution in [2.75, 3.05) is 20.7 Å². The van der Waals surface area contributed by atoms with Crippen LogP contribution < -0.4 is 15.8 Å². The van der Waals surface area contributed by atoms with Crippen LogP contribution in [-0.4, -0.2) is 37.5 Å². The minimum atomic E-state index is -1.25. The number of nitrogens with zero attached hydrogens (tertiary/aromatic N) is 1. The molecule has 0 aromatic heterocycles. The molecular weight excluding hydrogens is 258 g/mol. The normalized spacial score (nSPS) is 22.1. The van der Waals surface area contributed by atoms with Gasteiger partial charge in [-0.25, -0.2) is 4.79 Å². The molecule has 20 heavy (non-hydrogen) atoms. The number of benzene rings is 1. The maximum absolute atomic E-state index is 12.4. The van der Waals surface area contributed by atoms with Crippen molar-refractivity contribution in [2.24, 2.45) is 5.73 Å². The molecule has 3 amide bonds. The van der Waals surface area contributed by atoms with Crippen LogP contribution in [0, 0.1) is 13.8 Å². The number of hydrogen-bond donors (Lipinski definition) is 2. The molecule has 1 saturated heterocycles. The van der Waals surface area contributed by atoms with Crippen LogP contribution in [0.15, 0.2) is 12.1 Å². The third-order valence-electron chi connectivity index (χ3n) is 3.88. The second kappa shape index (κ2) is 4.79. The Balaban J connectivity index is 2.67. The lowest BCUT2D eigenvalue weighted by Gasteiger charge is -2.27. The number of imide groups is 1.